The number of nitrogens with zero attached hydrogens (tertiary/aromatic N) is 1. The Kier molecular flexibility index (Phi) is 7.45. The van der Waals surface area contributed by atoms with Crippen molar-refractivity contribution in [2.75, 3.05) is 6.61 Å². The van der Waals surface area contributed by atoms with Crippen molar-refractivity contribution in [1.82, 2.24) is 5.43 Å². The Labute approximate surface area is 183 Å². The topological polar surface area (TPSA) is 80.2 Å². The van der Waals surface area contributed by atoms with E-state index < -0.39 is 5.91 Å². The highest BCUT2D eigenvalue weighted by molar-refractivity contribution is 9.10. The Hall–Kier alpha value is -3.32. The van der Waals surface area contributed by atoms with Gasteiger partial charge in [-0.3, -0.25) is 4.79 Å². The molecular formula is C23H21BrN2O4. The van der Waals surface area contributed by atoms with E-state index in [1.165, 1.54) is 12.3 Å². The second-order valence-corrected chi connectivity index (χ2v) is 7.19. The first kappa shape index (κ1) is 21.4. The number of halogens is 1. The van der Waals surface area contributed by atoms with Gasteiger partial charge in [-0.05, 0) is 48.9 Å². The van der Waals surface area contributed by atoms with Crippen LogP contribution in [-0.4, -0.2) is 23.8 Å². The molecule has 0 aliphatic carbocycles. The molecule has 0 aromatic heterocycles. The van der Waals surface area contributed by atoms with Crippen LogP contribution < -0.4 is 14.9 Å². The predicted octanol–water partition coefficient (Wildman–Crippen LogP) is 4.90. The first-order chi connectivity index (χ1) is 14.6. The molecule has 3 aromatic rings. The number of benzene rings is 3. The summed E-state index contributed by atoms with van der Waals surface area (Å²) in [7, 11) is 0. The second-order valence-electron chi connectivity index (χ2n) is 6.27. The van der Waals surface area contributed by atoms with Gasteiger partial charge in [-0.2, -0.15) is 5.10 Å². The molecule has 0 radical (unpaired) electrons. The molecule has 154 valence electrons. The molecule has 3 aromatic carbocycles. The fourth-order valence-corrected chi connectivity index (χ4v) is 3.00. The predicted molar refractivity (Wildman–Crippen MR) is 119 cm³/mol. The molecule has 7 heteroatoms. The first-order valence-electron chi connectivity index (χ1n) is 9.32. The lowest BCUT2D eigenvalue weighted by molar-refractivity contribution is 0.0954. The molecular weight excluding hydrogens is 448 g/mol. The Morgan fingerprint density at radius 2 is 1.87 bits per heavy atom. The van der Waals surface area contributed by atoms with E-state index >= 15 is 0 Å². The molecule has 3 rings (SSSR count). The molecule has 0 spiro atoms. The average Bonchev–Trinajstić information content (AvgIpc) is 2.76. The lowest BCUT2D eigenvalue weighted by atomic mass is 10.2. The zero-order chi connectivity index (χ0) is 21.3. The third-order valence-electron chi connectivity index (χ3n) is 4.10. The average molecular weight is 469 g/mol. The van der Waals surface area contributed by atoms with Gasteiger partial charge in [0.1, 0.15) is 12.4 Å². The van der Waals surface area contributed by atoms with Gasteiger partial charge in [0, 0.05) is 15.6 Å². The molecule has 2 N–H and O–H groups in total. The van der Waals surface area contributed by atoms with Crippen LogP contribution in [0.15, 0.2) is 76.3 Å². The third-order valence-corrected chi connectivity index (χ3v) is 4.60. The van der Waals surface area contributed by atoms with E-state index in [1.807, 2.05) is 37.3 Å². The van der Waals surface area contributed by atoms with Crippen molar-refractivity contribution in [3.63, 3.8) is 0 Å². The van der Waals surface area contributed by atoms with Crippen LogP contribution in [0.2, 0.25) is 0 Å². The standard InChI is InChI=1S/C23H21BrN2O4/c1-2-29-22-13-17(8-11-21(22)30-15-16-6-4-3-5-7-16)23(28)26-25-14-18-12-19(24)9-10-20(18)27/h3-14,27H,2,15H2,1H3,(H,26,28)/b25-14+. The maximum absolute atomic E-state index is 12.4. The van der Waals surface area contributed by atoms with Gasteiger partial charge in [-0.1, -0.05) is 46.3 Å². The van der Waals surface area contributed by atoms with Crippen molar-refractivity contribution in [3.05, 3.63) is 87.9 Å². The van der Waals surface area contributed by atoms with Crippen LogP contribution in [0.1, 0.15) is 28.4 Å². The van der Waals surface area contributed by atoms with Crippen LogP contribution >= 0.6 is 15.9 Å². The molecule has 30 heavy (non-hydrogen) atoms. The lowest BCUT2D eigenvalue weighted by Crippen LogP contribution is -2.17. The van der Waals surface area contributed by atoms with E-state index in [0.717, 1.165) is 10.0 Å². The van der Waals surface area contributed by atoms with Crippen molar-refractivity contribution in [3.8, 4) is 17.2 Å². The highest BCUT2D eigenvalue weighted by Gasteiger charge is 2.12. The number of nitrogens with one attached hydrogen (secondary N) is 1. The molecule has 6 nitrogen and oxygen atoms in total. The molecule has 0 bridgehead atoms. The molecule has 0 heterocycles. The lowest BCUT2D eigenvalue weighted by Gasteiger charge is -2.13. The van der Waals surface area contributed by atoms with Gasteiger partial charge in [0.05, 0.1) is 12.8 Å². The number of amides is 1. The first-order valence-corrected chi connectivity index (χ1v) is 10.1. The maximum atomic E-state index is 12.4. The molecule has 0 saturated heterocycles. The van der Waals surface area contributed by atoms with Crippen LogP contribution in [0.4, 0.5) is 0 Å². The van der Waals surface area contributed by atoms with Crippen molar-refractivity contribution in [1.29, 1.82) is 0 Å². The van der Waals surface area contributed by atoms with Gasteiger partial charge in [-0.15, -0.1) is 0 Å². The van der Waals surface area contributed by atoms with Crippen LogP contribution in [0.5, 0.6) is 17.2 Å². The zero-order valence-corrected chi connectivity index (χ0v) is 17.9. The maximum Gasteiger partial charge on any atom is 0.271 e. The Balaban J connectivity index is 1.68. The largest absolute Gasteiger partial charge is 0.507 e. The van der Waals surface area contributed by atoms with Gasteiger partial charge < -0.3 is 14.6 Å². The zero-order valence-electron chi connectivity index (χ0n) is 16.3. The minimum atomic E-state index is -0.406. The smallest absolute Gasteiger partial charge is 0.271 e. The number of ether oxygens (including phenoxy) is 2. The molecule has 0 unspecified atom stereocenters. The molecule has 0 fully saturated rings. The van der Waals surface area contributed by atoms with Crippen molar-refractivity contribution in [2.24, 2.45) is 5.10 Å². The van der Waals surface area contributed by atoms with E-state index in [2.05, 4.69) is 26.5 Å². The highest BCUT2D eigenvalue weighted by Crippen LogP contribution is 2.29. The van der Waals surface area contributed by atoms with E-state index in [0.29, 0.717) is 35.8 Å². The fourth-order valence-electron chi connectivity index (χ4n) is 2.63. The minimum absolute atomic E-state index is 0.0646. The van der Waals surface area contributed by atoms with Gasteiger partial charge in [0.15, 0.2) is 11.5 Å². The van der Waals surface area contributed by atoms with Crippen molar-refractivity contribution < 1.29 is 19.4 Å². The van der Waals surface area contributed by atoms with E-state index in [-0.39, 0.29) is 5.75 Å². The normalized spacial score (nSPS) is 10.7. The van der Waals surface area contributed by atoms with Crippen LogP contribution in [0.25, 0.3) is 0 Å². The van der Waals surface area contributed by atoms with E-state index in [4.69, 9.17) is 9.47 Å². The van der Waals surface area contributed by atoms with E-state index in [1.54, 1.807) is 30.3 Å². The number of rotatable bonds is 8. The second kappa shape index (κ2) is 10.5. The number of carbonyl (C=O) groups excluding carboxylic acids is 1. The summed E-state index contributed by atoms with van der Waals surface area (Å²) in [6.45, 7) is 2.70. The highest BCUT2D eigenvalue weighted by atomic mass is 79.9. The SMILES string of the molecule is CCOc1cc(C(=O)N/N=C/c2cc(Br)ccc2O)ccc1OCc1ccccc1. The van der Waals surface area contributed by atoms with Crippen molar-refractivity contribution in [2.45, 2.75) is 13.5 Å². The number of hydrogen-bond acceptors (Lipinski definition) is 5. The summed E-state index contributed by atoms with van der Waals surface area (Å²) in [5, 5.41) is 13.7. The summed E-state index contributed by atoms with van der Waals surface area (Å²) < 4.78 is 12.3. The number of hydrazone groups is 1. The van der Waals surface area contributed by atoms with Crippen molar-refractivity contribution >= 4 is 28.1 Å². The van der Waals surface area contributed by atoms with Gasteiger partial charge in [-0.25, -0.2) is 5.43 Å². The van der Waals surface area contributed by atoms with Gasteiger partial charge in [0.2, 0.25) is 0 Å². The fraction of sp³-hybridized carbons (Fsp3) is 0.130. The number of aromatic hydroxyl groups is 1. The summed E-state index contributed by atoms with van der Waals surface area (Å²) in [6, 6.07) is 19.7. The summed E-state index contributed by atoms with van der Waals surface area (Å²) in [4.78, 5) is 12.4. The summed E-state index contributed by atoms with van der Waals surface area (Å²) in [5.41, 5.74) is 4.33. The Morgan fingerprint density at radius 3 is 2.63 bits per heavy atom. The molecule has 0 atom stereocenters. The monoisotopic (exact) mass is 468 g/mol. The number of phenols is 1. The minimum Gasteiger partial charge on any atom is -0.507 e. The van der Waals surface area contributed by atoms with Crippen LogP contribution in [-0.2, 0) is 6.61 Å². The summed E-state index contributed by atoms with van der Waals surface area (Å²) >= 11 is 3.32. The molecule has 0 saturated carbocycles. The number of hydrogen-bond donors (Lipinski definition) is 2. The Morgan fingerprint density at radius 1 is 1.07 bits per heavy atom. The van der Waals surface area contributed by atoms with E-state index in [9.17, 15) is 9.90 Å². The summed E-state index contributed by atoms with van der Waals surface area (Å²) in [6.07, 6.45) is 1.37. The van der Waals surface area contributed by atoms with Crippen LogP contribution in [0, 0.1) is 0 Å². The quantitative estimate of drug-likeness (QED) is 0.364. The number of phenolic OH excluding ortho intramolecular Hbond substituents is 1. The number of carbonyl (C=O) groups is 1. The molecule has 0 aliphatic heterocycles. The van der Waals surface area contributed by atoms with Gasteiger partial charge in [0.25, 0.3) is 5.91 Å². The molecule has 0 aliphatic rings. The molecule has 1 amide bonds. The van der Waals surface area contributed by atoms with Crippen LogP contribution in [0.3, 0.4) is 0 Å². The third kappa shape index (κ3) is 5.84. The summed E-state index contributed by atoms with van der Waals surface area (Å²) in [5.74, 6) is 0.695. The Bertz CT molecular complexity index is 1040. The van der Waals surface area contributed by atoms with Gasteiger partial charge >= 0.3 is 0 Å².